The fourth-order valence-corrected chi connectivity index (χ4v) is 2.27. The Hall–Kier alpha value is -0.160. The van der Waals surface area contributed by atoms with Gasteiger partial charge in [0.15, 0.2) is 0 Å². The predicted molar refractivity (Wildman–Crippen MR) is 72.9 cm³/mol. The van der Waals surface area contributed by atoms with Crippen LogP contribution in [-0.2, 0) is 14.2 Å². The molecule has 0 saturated carbocycles. The molecule has 4 nitrogen and oxygen atoms in total. The molecule has 0 amide bonds. The highest BCUT2D eigenvalue weighted by Gasteiger charge is 2.32. The summed E-state index contributed by atoms with van der Waals surface area (Å²) in [5, 5.41) is 3.57. The van der Waals surface area contributed by atoms with Gasteiger partial charge in [-0.05, 0) is 24.7 Å². The third-order valence-corrected chi connectivity index (χ3v) is 3.65. The lowest BCUT2D eigenvalue weighted by atomic mass is 9.77. The first-order chi connectivity index (χ1) is 8.68. The molecule has 108 valence electrons. The van der Waals surface area contributed by atoms with Gasteiger partial charge in [0.1, 0.15) is 0 Å². The van der Waals surface area contributed by atoms with Gasteiger partial charge < -0.3 is 19.5 Å². The second-order valence-electron chi connectivity index (χ2n) is 5.50. The first kappa shape index (κ1) is 15.9. The maximum absolute atomic E-state index is 5.62. The Morgan fingerprint density at radius 2 is 1.89 bits per heavy atom. The minimum absolute atomic E-state index is 0.357. The topological polar surface area (TPSA) is 39.7 Å². The van der Waals surface area contributed by atoms with Crippen LogP contribution in [-0.4, -0.2) is 52.7 Å². The van der Waals surface area contributed by atoms with Gasteiger partial charge in [-0.25, -0.2) is 0 Å². The zero-order chi connectivity index (χ0) is 13.3. The highest BCUT2D eigenvalue weighted by molar-refractivity contribution is 4.84. The standard InChI is InChI=1S/C14H29NO3/c1-13(2)15-12-14(4-7-17-8-5-14)6-9-18-11-10-16-3/h13,15H,4-12H2,1-3H3. The van der Waals surface area contributed by atoms with Gasteiger partial charge in [0.25, 0.3) is 0 Å². The van der Waals surface area contributed by atoms with Gasteiger partial charge in [0.05, 0.1) is 13.2 Å². The van der Waals surface area contributed by atoms with Gasteiger partial charge >= 0.3 is 0 Å². The Labute approximate surface area is 111 Å². The predicted octanol–water partition coefficient (Wildman–Crippen LogP) is 1.83. The normalized spacial score (nSPS) is 19.3. The molecular formula is C14H29NO3. The van der Waals surface area contributed by atoms with Crippen LogP contribution < -0.4 is 5.32 Å². The molecule has 0 aliphatic carbocycles. The van der Waals surface area contributed by atoms with Gasteiger partial charge in [-0.2, -0.15) is 0 Å². The minimum Gasteiger partial charge on any atom is -0.382 e. The van der Waals surface area contributed by atoms with E-state index in [0.29, 0.717) is 24.7 Å². The van der Waals surface area contributed by atoms with E-state index in [1.165, 1.54) is 0 Å². The van der Waals surface area contributed by atoms with Crippen molar-refractivity contribution in [3.8, 4) is 0 Å². The molecule has 1 N–H and O–H groups in total. The summed E-state index contributed by atoms with van der Waals surface area (Å²) >= 11 is 0. The van der Waals surface area contributed by atoms with E-state index in [1.807, 2.05) is 0 Å². The summed E-state index contributed by atoms with van der Waals surface area (Å²) in [5.74, 6) is 0. The minimum atomic E-state index is 0.357. The van der Waals surface area contributed by atoms with Crippen molar-refractivity contribution in [2.75, 3.05) is 46.7 Å². The van der Waals surface area contributed by atoms with Crippen molar-refractivity contribution in [3.63, 3.8) is 0 Å². The second kappa shape index (κ2) is 8.86. The first-order valence-corrected chi connectivity index (χ1v) is 7.06. The summed E-state index contributed by atoms with van der Waals surface area (Å²) in [6.07, 6.45) is 3.39. The van der Waals surface area contributed by atoms with Gasteiger partial charge in [-0.3, -0.25) is 0 Å². The van der Waals surface area contributed by atoms with Gasteiger partial charge in [0.2, 0.25) is 0 Å². The van der Waals surface area contributed by atoms with E-state index in [-0.39, 0.29) is 0 Å². The molecule has 0 unspecified atom stereocenters. The second-order valence-corrected chi connectivity index (χ2v) is 5.50. The van der Waals surface area contributed by atoms with Crippen LogP contribution in [0.2, 0.25) is 0 Å². The molecule has 1 aliphatic rings. The summed E-state index contributed by atoms with van der Waals surface area (Å²) in [4.78, 5) is 0. The quantitative estimate of drug-likeness (QED) is 0.641. The first-order valence-electron chi connectivity index (χ1n) is 7.06. The van der Waals surface area contributed by atoms with Crippen LogP contribution in [0.4, 0.5) is 0 Å². The molecule has 0 radical (unpaired) electrons. The van der Waals surface area contributed by atoms with E-state index in [0.717, 1.165) is 45.6 Å². The van der Waals surface area contributed by atoms with Crippen LogP contribution in [0.15, 0.2) is 0 Å². The van der Waals surface area contributed by atoms with E-state index in [9.17, 15) is 0 Å². The molecule has 0 spiro atoms. The number of hydrogen-bond donors (Lipinski definition) is 1. The summed E-state index contributed by atoms with van der Waals surface area (Å²) < 4.78 is 16.1. The average molecular weight is 259 g/mol. The van der Waals surface area contributed by atoms with Crippen LogP contribution in [0.3, 0.4) is 0 Å². The van der Waals surface area contributed by atoms with E-state index >= 15 is 0 Å². The monoisotopic (exact) mass is 259 g/mol. The van der Waals surface area contributed by atoms with Gasteiger partial charge in [-0.15, -0.1) is 0 Å². The SMILES string of the molecule is COCCOCCC1(CNC(C)C)CCOCC1. The lowest BCUT2D eigenvalue weighted by molar-refractivity contribution is -0.0119. The van der Waals surface area contributed by atoms with E-state index in [1.54, 1.807) is 7.11 Å². The maximum atomic E-state index is 5.62. The number of nitrogens with one attached hydrogen (secondary N) is 1. The smallest absolute Gasteiger partial charge is 0.0700 e. The van der Waals surface area contributed by atoms with Crippen molar-refractivity contribution in [2.45, 2.75) is 39.2 Å². The number of ether oxygens (including phenoxy) is 3. The zero-order valence-electron chi connectivity index (χ0n) is 12.2. The molecule has 1 rings (SSSR count). The largest absolute Gasteiger partial charge is 0.382 e. The van der Waals surface area contributed by atoms with Crippen molar-refractivity contribution < 1.29 is 14.2 Å². The molecule has 1 heterocycles. The fourth-order valence-electron chi connectivity index (χ4n) is 2.27. The van der Waals surface area contributed by atoms with Crippen LogP contribution in [0.25, 0.3) is 0 Å². The Kier molecular flexibility index (Phi) is 7.82. The fraction of sp³-hybridized carbons (Fsp3) is 1.00. The van der Waals surface area contributed by atoms with E-state index in [4.69, 9.17) is 14.2 Å². The van der Waals surface area contributed by atoms with Crippen molar-refractivity contribution in [1.29, 1.82) is 0 Å². The van der Waals surface area contributed by atoms with Crippen molar-refractivity contribution in [1.82, 2.24) is 5.32 Å². The average Bonchev–Trinajstić information content (AvgIpc) is 2.38. The number of methoxy groups -OCH3 is 1. The van der Waals surface area contributed by atoms with E-state index < -0.39 is 0 Å². The molecular weight excluding hydrogens is 230 g/mol. The van der Waals surface area contributed by atoms with Crippen LogP contribution in [0, 0.1) is 5.41 Å². The molecule has 0 atom stereocenters. The van der Waals surface area contributed by atoms with Crippen molar-refractivity contribution >= 4 is 0 Å². The molecule has 0 aromatic heterocycles. The summed E-state index contributed by atoms with van der Waals surface area (Å²) in [7, 11) is 1.70. The third kappa shape index (κ3) is 6.14. The Balaban J connectivity index is 2.29. The summed E-state index contributed by atoms with van der Waals surface area (Å²) in [6.45, 7) is 9.44. The molecule has 1 aliphatic heterocycles. The Bertz CT molecular complexity index is 203. The molecule has 4 heteroatoms. The van der Waals surface area contributed by atoms with Crippen LogP contribution in [0.5, 0.6) is 0 Å². The van der Waals surface area contributed by atoms with Gasteiger partial charge in [-0.1, -0.05) is 13.8 Å². The van der Waals surface area contributed by atoms with Crippen molar-refractivity contribution in [2.24, 2.45) is 5.41 Å². The maximum Gasteiger partial charge on any atom is 0.0700 e. The zero-order valence-corrected chi connectivity index (χ0v) is 12.2. The Morgan fingerprint density at radius 1 is 1.17 bits per heavy atom. The highest BCUT2D eigenvalue weighted by Crippen LogP contribution is 2.33. The molecule has 1 fully saturated rings. The molecule has 1 saturated heterocycles. The van der Waals surface area contributed by atoms with Crippen molar-refractivity contribution in [3.05, 3.63) is 0 Å². The lowest BCUT2D eigenvalue weighted by Gasteiger charge is -2.38. The number of hydrogen-bond acceptors (Lipinski definition) is 4. The van der Waals surface area contributed by atoms with Crippen LogP contribution in [0.1, 0.15) is 33.1 Å². The summed E-state index contributed by atoms with van der Waals surface area (Å²) in [6, 6.07) is 0.541. The third-order valence-electron chi connectivity index (χ3n) is 3.65. The van der Waals surface area contributed by atoms with E-state index in [2.05, 4.69) is 19.2 Å². The lowest BCUT2D eigenvalue weighted by Crippen LogP contribution is -2.42. The van der Waals surface area contributed by atoms with Gasteiger partial charge in [0, 0.05) is 39.5 Å². The molecule has 0 aromatic rings. The Morgan fingerprint density at radius 3 is 2.50 bits per heavy atom. The van der Waals surface area contributed by atoms with Crippen LogP contribution >= 0.6 is 0 Å². The molecule has 0 bridgehead atoms. The molecule has 0 aromatic carbocycles. The highest BCUT2D eigenvalue weighted by atomic mass is 16.5. The summed E-state index contributed by atoms with van der Waals surface area (Å²) in [5.41, 5.74) is 0.357. The molecule has 18 heavy (non-hydrogen) atoms. The number of rotatable bonds is 9.